The van der Waals surface area contributed by atoms with Crippen LogP contribution < -0.4 is 10.1 Å². The van der Waals surface area contributed by atoms with E-state index in [9.17, 15) is 0 Å². The van der Waals surface area contributed by atoms with Gasteiger partial charge in [0.2, 0.25) is 5.88 Å². The molecular formula is C16H26N2O. The lowest BCUT2D eigenvalue weighted by Crippen LogP contribution is -2.28. The van der Waals surface area contributed by atoms with Gasteiger partial charge in [-0.3, -0.25) is 0 Å². The number of nitrogens with one attached hydrogen (secondary N) is 1. The number of hydrogen-bond donors (Lipinski definition) is 1. The maximum atomic E-state index is 6.08. The molecule has 1 aliphatic rings. The normalized spacial score (nSPS) is 27.3. The minimum absolute atomic E-state index is 0.334. The number of rotatable bonds is 4. The van der Waals surface area contributed by atoms with Crippen LogP contribution in [0.15, 0.2) is 12.1 Å². The van der Waals surface area contributed by atoms with Crippen molar-refractivity contribution in [2.45, 2.75) is 52.7 Å². The van der Waals surface area contributed by atoms with Crippen LogP contribution in [0.5, 0.6) is 5.88 Å². The van der Waals surface area contributed by atoms with Crippen molar-refractivity contribution >= 4 is 0 Å². The molecule has 19 heavy (non-hydrogen) atoms. The van der Waals surface area contributed by atoms with Crippen LogP contribution in [0.2, 0.25) is 0 Å². The zero-order valence-electron chi connectivity index (χ0n) is 12.6. The van der Waals surface area contributed by atoms with Crippen LogP contribution >= 0.6 is 0 Å². The summed E-state index contributed by atoms with van der Waals surface area (Å²) in [7, 11) is 1.95. The van der Waals surface area contributed by atoms with Crippen molar-refractivity contribution in [3.05, 3.63) is 23.4 Å². The molecule has 2 rings (SSSR count). The standard InChI is InChI=1S/C16H26N2O/c1-11-7-12(2)9-15(8-11)19-16-6-5-14(10-17-4)13(3)18-16/h5-6,11-12,15,17H,7-10H2,1-4H3. The highest BCUT2D eigenvalue weighted by atomic mass is 16.5. The molecule has 1 N–H and O–H groups in total. The topological polar surface area (TPSA) is 34.1 Å². The second-order valence-corrected chi connectivity index (χ2v) is 6.08. The first-order valence-electron chi connectivity index (χ1n) is 7.36. The predicted molar refractivity (Wildman–Crippen MR) is 78.3 cm³/mol. The lowest BCUT2D eigenvalue weighted by atomic mass is 9.82. The third-order valence-corrected chi connectivity index (χ3v) is 3.96. The lowest BCUT2D eigenvalue weighted by Gasteiger charge is -2.31. The Morgan fingerprint density at radius 2 is 1.89 bits per heavy atom. The molecule has 0 bridgehead atoms. The van der Waals surface area contributed by atoms with Crippen molar-refractivity contribution in [2.75, 3.05) is 7.05 Å². The van der Waals surface area contributed by atoms with Gasteiger partial charge in [0.1, 0.15) is 6.10 Å². The van der Waals surface area contributed by atoms with Crippen molar-refractivity contribution in [2.24, 2.45) is 11.8 Å². The minimum Gasteiger partial charge on any atom is -0.474 e. The summed E-state index contributed by atoms with van der Waals surface area (Å²) in [5.41, 5.74) is 2.30. The molecule has 1 heterocycles. The Hall–Kier alpha value is -1.09. The van der Waals surface area contributed by atoms with E-state index in [-0.39, 0.29) is 0 Å². The molecule has 0 aliphatic heterocycles. The van der Waals surface area contributed by atoms with E-state index < -0.39 is 0 Å². The van der Waals surface area contributed by atoms with Crippen LogP contribution in [0, 0.1) is 18.8 Å². The average molecular weight is 262 g/mol. The molecule has 1 aromatic heterocycles. The first-order chi connectivity index (χ1) is 9.08. The molecule has 106 valence electrons. The third kappa shape index (κ3) is 3.93. The number of ether oxygens (including phenoxy) is 1. The van der Waals surface area contributed by atoms with E-state index in [4.69, 9.17) is 4.74 Å². The Morgan fingerprint density at radius 1 is 1.21 bits per heavy atom. The zero-order valence-corrected chi connectivity index (χ0v) is 12.6. The van der Waals surface area contributed by atoms with E-state index in [1.807, 2.05) is 20.0 Å². The summed E-state index contributed by atoms with van der Waals surface area (Å²) < 4.78 is 6.08. The van der Waals surface area contributed by atoms with Crippen LogP contribution in [0.1, 0.15) is 44.4 Å². The van der Waals surface area contributed by atoms with Gasteiger partial charge in [-0.25, -0.2) is 4.98 Å². The minimum atomic E-state index is 0.334. The van der Waals surface area contributed by atoms with Gasteiger partial charge in [-0.1, -0.05) is 19.9 Å². The van der Waals surface area contributed by atoms with E-state index in [0.29, 0.717) is 6.10 Å². The highest BCUT2D eigenvalue weighted by Crippen LogP contribution is 2.31. The highest BCUT2D eigenvalue weighted by Gasteiger charge is 2.25. The van der Waals surface area contributed by atoms with Crippen LogP contribution in [-0.4, -0.2) is 18.1 Å². The van der Waals surface area contributed by atoms with E-state index in [1.54, 1.807) is 0 Å². The second kappa shape index (κ2) is 6.38. The van der Waals surface area contributed by atoms with Gasteiger partial charge in [-0.15, -0.1) is 0 Å². The zero-order chi connectivity index (χ0) is 13.8. The Balaban J connectivity index is 2.00. The van der Waals surface area contributed by atoms with Crippen LogP contribution in [0.3, 0.4) is 0 Å². The largest absolute Gasteiger partial charge is 0.474 e. The molecule has 2 atom stereocenters. The molecule has 0 aromatic carbocycles. The predicted octanol–water partition coefficient (Wildman–Crippen LogP) is 3.31. The molecule has 0 saturated heterocycles. The lowest BCUT2D eigenvalue weighted by molar-refractivity contribution is 0.0965. The van der Waals surface area contributed by atoms with Gasteiger partial charge in [0, 0.05) is 18.3 Å². The van der Waals surface area contributed by atoms with Crippen LogP contribution in [-0.2, 0) is 6.54 Å². The summed E-state index contributed by atoms with van der Waals surface area (Å²) in [5.74, 6) is 2.31. The molecule has 3 heteroatoms. The molecule has 2 unspecified atom stereocenters. The smallest absolute Gasteiger partial charge is 0.213 e. The van der Waals surface area contributed by atoms with E-state index in [1.165, 1.54) is 12.0 Å². The van der Waals surface area contributed by atoms with Crippen molar-refractivity contribution in [3.63, 3.8) is 0 Å². The number of hydrogen-bond acceptors (Lipinski definition) is 3. The van der Waals surface area contributed by atoms with Gasteiger partial charge in [-0.2, -0.15) is 0 Å². The van der Waals surface area contributed by atoms with Gasteiger partial charge in [0.25, 0.3) is 0 Å². The number of aromatic nitrogens is 1. The van der Waals surface area contributed by atoms with Gasteiger partial charge in [-0.05, 0) is 50.6 Å². The first-order valence-corrected chi connectivity index (χ1v) is 7.36. The average Bonchev–Trinajstić information content (AvgIpc) is 2.31. The van der Waals surface area contributed by atoms with Crippen molar-refractivity contribution in [1.82, 2.24) is 10.3 Å². The molecule has 0 spiro atoms. The Morgan fingerprint density at radius 3 is 2.47 bits per heavy atom. The molecule has 1 aromatic rings. The quantitative estimate of drug-likeness (QED) is 0.904. The Labute approximate surface area is 116 Å². The van der Waals surface area contributed by atoms with Crippen LogP contribution in [0.25, 0.3) is 0 Å². The fraction of sp³-hybridized carbons (Fsp3) is 0.688. The van der Waals surface area contributed by atoms with E-state index >= 15 is 0 Å². The summed E-state index contributed by atoms with van der Waals surface area (Å²) in [4.78, 5) is 4.57. The summed E-state index contributed by atoms with van der Waals surface area (Å²) in [6.45, 7) is 7.55. The third-order valence-electron chi connectivity index (χ3n) is 3.96. The summed E-state index contributed by atoms with van der Waals surface area (Å²) in [6.07, 6.45) is 3.97. The van der Waals surface area contributed by atoms with Crippen molar-refractivity contribution in [3.8, 4) is 5.88 Å². The Bertz CT molecular complexity index is 409. The maximum absolute atomic E-state index is 6.08. The molecule has 1 saturated carbocycles. The second-order valence-electron chi connectivity index (χ2n) is 6.08. The fourth-order valence-electron chi connectivity index (χ4n) is 3.15. The number of aryl methyl sites for hydroxylation is 1. The number of nitrogens with zero attached hydrogens (tertiary/aromatic N) is 1. The summed E-state index contributed by atoms with van der Waals surface area (Å²) in [6, 6.07) is 4.12. The number of pyridine rings is 1. The molecule has 3 nitrogen and oxygen atoms in total. The van der Waals surface area contributed by atoms with Crippen LogP contribution in [0.4, 0.5) is 0 Å². The Kier molecular flexibility index (Phi) is 4.81. The van der Waals surface area contributed by atoms with Gasteiger partial charge < -0.3 is 10.1 Å². The van der Waals surface area contributed by atoms with Crippen molar-refractivity contribution in [1.29, 1.82) is 0 Å². The summed E-state index contributed by atoms with van der Waals surface area (Å²) >= 11 is 0. The monoisotopic (exact) mass is 262 g/mol. The molecule has 1 aliphatic carbocycles. The van der Waals surface area contributed by atoms with Gasteiger partial charge in [0.05, 0.1) is 0 Å². The van der Waals surface area contributed by atoms with Gasteiger partial charge in [0.15, 0.2) is 0 Å². The molecule has 0 amide bonds. The first kappa shape index (κ1) is 14.3. The SMILES string of the molecule is CNCc1ccc(OC2CC(C)CC(C)C2)nc1C. The van der Waals surface area contributed by atoms with Gasteiger partial charge >= 0.3 is 0 Å². The molecule has 0 radical (unpaired) electrons. The van der Waals surface area contributed by atoms with E-state index in [2.05, 4.69) is 30.2 Å². The summed E-state index contributed by atoms with van der Waals surface area (Å²) in [5, 5.41) is 3.16. The maximum Gasteiger partial charge on any atom is 0.213 e. The molecule has 1 fully saturated rings. The molecular weight excluding hydrogens is 236 g/mol. The van der Waals surface area contributed by atoms with E-state index in [0.717, 1.165) is 42.8 Å². The fourth-order valence-corrected chi connectivity index (χ4v) is 3.15. The highest BCUT2D eigenvalue weighted by molar-refractivity contribution is 5.25. The van der Waals surface area contributed by atoms with Crippen molar-refractivity contribution < 1.29 is 4.74 Å².